The van der Waals surface area contributed by atoms with E-state index in [9.17, 15) is 10.1 Å². The summed E-state index contributed by atoms with van der Waals surface area (Å²) in [5.74, 6) is 0.224. The molecule has 0 amide bonds. The van der Waals surface area contributed by atoms with Crippen molar-refractivity contribution < 1.29 is 4.92 Å². The van der Waals surface area contributed by atoms with E-state index in [0.29, 0.717) is 16.7 Å². The second-order valence-electron chi connectivity index (χ2n) is 5.73. The van der Waals surface area contributed by atoms with Gasteiger partial charge in [-0.05, 0) is 19.1 Å². The molecule has 0 atom stereocenters. The van der Waals surface area contributed by atoms with Crippen LogP contribution >= 0.6 is 0 Å². The van der Waals surface area contributed by atoms with Crippen LogP contribution in [0.5, 0.6) is 0 Å². The van der Waals surface area contributed by atoms with Gasteiger partial charge >= 0.3 is 0 Å². The summed E-state index contributed by atoms with van der Waals surface area (Å²) in [4.78, 5) is 17.9. The molecule has 0 saturated carbocycles. The molecule has 4 aromatic rings. The number of benzene rings is 2. The van der Waals surface area contributed by atoms with E-state index in [2.05, 4.69) is 30.7 Å². The maximum Gasteiger partial charge on any atom is 0.270 e. The normalized spacial score (nSPS) is 11.4. The lowest BCUT2D eigenvalue weighted by molar-refractivity contribution is -0.384. The van der Waals surface area contributed by atoms with Crippen molar-refractivity contribution in [1.29, 1.82) is 0 Å². The summed E-state index contributed by atoms with van der Waals surface area (Å²) in [5, 5.41) is 24.0. The van der Waals surface area contributed by atoms with Gasteiger partial charge in [0.2, 0.25) is 0 Å². The third kappa shape index (κ3) is 2.93. The number of hydrazone groups is 1. The number of rotatable bonds is 4. The summed E-state index contributed by atoms with van der Waals surface area (Å²) < 4.78 is 0. The molecule has 9 heteroatoms. The van der Waals surface area contributed by atoms with Gasteiger partial charge < -0.3 is 4.98 Å². The number of aryl methyl sites for hydroxylation is 1. The van der Waals surface area contributed by atoms with Crippen LogP contribution in [-0.2, 0) is 0 Å². The summed E-state index contributed by atoms with van der Waals surface area (Å²) in [6.45, 7) is 2.01. The first-order chi connectivity index (χ1) is 12.6. The molecule has 2 N–H and O–H groups in total. The Labute approximate surface area is 146 Å². The Kier molecular flexibility index (Phi) is 3.73. The highest BCUT2D eigenvalue weighted by atomic mass is 16.6. The second-order valence-corrected chi connectivity index (χ2v) is 5.73. The third-order valence-electron chi connectivity index (χ3n) is 3.83. The van der Waals surface area contributed by atoms with Crippen molar-refractivity contribution in [3.63, 3.8) is 0 Å². The van der Waals surface area contributed by atoms with Crippen molar-refractivity contribution in [3.8, 4) is 0 Å². The zero-order valence-electron chi connectivity index (χ0n) is 13.7. The molecule has 0 fully saturated rings. The maximum absolute atomic E-state index is 10.8. The minimum absolute atomic E-state index is 0.00153. The van der Waals surface area contributed by atoms with E-state index in [4.69, 9.17) is 0 Å². The van der Waals surface area contributed by atoms with Crippen LogP contribution in [0.4, 0.5) is 11.6 Å². The molecule has 9 nitrogen and oxygen atoms in total. The Morgan fingerprint density at radius 1 is 1.23 bits per heavy atom. The number of nitrogens with one attached hydrogen (secondary N) is 2. The molecule has 2 aromatic carbocycles. The molecule has 0 unspecified atom stereocenters. The van der Waals surface area contributed by atoms with Gasteiger partial charge in [-0.2, -0.15) is 10.1 Å². The Bertz CT molecular complexity index is 1170. The van der Waals surface area contributed by atoms with E-state index in [-0.39, 0.29) is 11.6 Å². The lowest BCUT2D eigenvalue weighted by Gasteiger charge is -1.97. The monoisotopic (exact) mass is 347 g/mol. The Hall–Kier alpha value is -3.88. The quantitative estimate of drug-likeness (QED) is 0.332. The molecule has 0 spiro atoms. The van der Waals surface area contributed by atoms with Gasteiger partial charge in [-0.3, -0.25) is 10.1 Å². The van der Waals surface area contributed by atoms with Gasteiger partial charge in [0.1, 0.15) is 5.52 Å². The van der Waals surface area contributed by atoms with Crippen molar-refractivity contribution in [3.05, 3.63) is 63.7 Å². The van der Waals surface area contributed by atoms with Gasteiger partial charge in [-0.1, -0.05) is 23.8 Å². The molecule has 0 bridgehead atoms. The van der Waals surface area contributed by atoms with Gasteiger partial charge in [-0.25, -0.2) is 5.43 Å². The molecule has 0 radical (unpaired) electrons. The van der Waals surface area contributed by atoms with Crippen LogP contribution in [0, 0.1) is 17.0 Å². The van der Waals surface area contributed by atoms with E-state index >= 15 is 0 Å². The molecule has 4 rings (SSSR count). The van der Waals surface area contributed by atoms with Crippen LogP contribution in [0.2, 0.25) is 0 Å². The fourth-order valence-electron chi connectivity index (χ4n) is 2.62. The molecular formula is C17H13N7O2. The van der Waals surface area contributed by atoms with Crippen molar-refractivity contribution >= 4 is 39.9 Å². The van der Waals surface area contributed by atoms with Crippen LogP contribution in [0.25, 0.3) is 22.1 Å². The second kappa shape index (κ2) is 6.20. The summed E-state index contributed by atoms with van der Waals surface area (Å²) in [6, 6.07) is 12.2. The smallest absolute Gasteiger partial charge is 0.270 e. The van der Waals surface area contributed by atoms with E-state index in [1.807, 2.05) is 25.1 Å². The Morgan fingerprint density at radius 2 is 2.12 bits per heavy atom. The van der Waals surface area contributed by atoms with Gasteiger partial charge in [0.15, 0.2) is 5.65 Å². The van der Waals surface area contributed by atoms with Crippen LogP contribution in [0.1, 0.15) is 11.1 Å². The Balaban J connectivity index is 1.58. The van der Waals surface area contributed by atoms with Crippen LogP contribution in [-0.4, -0.2) is 31.3 Å². The van der Waals surface area contributed by atoms with Crippen molar-refractivity contribution in [2.75, 3.05) is 5.43 Å². The van der Waals surface area contributed by atoms with E-state index in [0.717, 1.165) is 16.5 Å². The SMILES string of the molecule is Cc1ccc2[nH]c3nc(N/N=C\c4cccc([N+](=O)[O-])c4)nnc3c2c1. The van der Waals surface area contributed by atoms with E-state index < -0.39 is 4.92 Å². The number of hydrogen-bond acceptors (Lipinski definition) is 7. The number of H-pyrrole nitrogens is 1. The number of hydrogen-bond donors (Lipinski definition) is 2. The van der Waals surface area contributed by atoms with Crippen LogP contribution in [0.3, 0.4) is 0 Å². The maximum atomic E-state index is 10.8. The minimum Gasteiger partial charge on any atom is -0.338 e. The van der Waals surface area contributed by atoms with Crippen LogP contribution in [0.15, 0.2) is 47.6 Å². The molecule has 26 heavy (non-hydrogen) atoms. The highest BCUT2D eigenvalue weighted by Crippen LogP contribution is 2.23. The highest BCUT2D eigenvalue weighted by molar-refractivity contribution is 6.03. The number of non-ortho nitro benzene ring substituents is 1. The zero-order valence-corrected chi connectivity index (χ0v) is 13.7. The standard InChI is InChI=1S/C17H13N7O2/c1-10-5-6-14-13(7-10)15-16(19-14)20-17(23-21-15)22-18-9-11-3-2-4-12(8-11)24(25)26/h2-9H,1H3,(H2,19,20,22,23)/b18-9-. The number of nitro groups is 1. The van der Waals surface area contributed by atoms with Crippen LogP contribution < -0.4 is 5.43 Å². The number of aromatic amines is 1. The summed E-state index contributed by atoms with van der Waals surface area (Å²) in [5.41, 5.74) is 6.63. The molecule has 0 aliphatic heterocycles. The average Bonchev–Trinajstić information content (AvgIpc) is 2.99. The molecular weight excluding hydrogens is 334 g/mol. The highest BCUT2D eigenvalue weighted by Gasteiger charge is 2.09. The Morgan fingerprint density at radius 3 is 2.96 bits per heavy atom. The molecule has 0 aliphatic carbocycles. The zero-order chi connectivity index (χ0) is 18.1. The number of nitrogens with zero attached hydrogens (tertiary/aromatic N) is 5. The lowest BCUT2D eigenvalue weighted by Crippen LogP contribution is -1.99. The molecule has 0 aliphatic rings. The number of anilines is 1. The number of nitro benzene ring substituents is 1. The topological polar surface area (TPSA) is 122 Å². The van der Waals surface area contributed by atoms with Gasteiger partial charge in [0.05, 0.1) is 11.1 Å². The van der Waals surface area contributed by atoms with E-state index in [1.165, 1.54) is 18.3 Å². The van der Waals surface area contributed by atoms with Gasteiger partial charge in [-0.15, -0.1) is 10.2 Å². The number of fused-ring (bicyclic) bond motifs is 3. The lowest BCUT2D eigenvalue weighted by atomic mass is 10.2. The average molecular weight is 347 g/mol. The van der Waals surface area contributed by atoms with E-state index in [1.54, 1.807) is 12.1 Å². The molecule has 128 valence electrons. The molecule has 2 heterocycles. The van der Waals surface area contributed by atoms with Gasteiger partial charge in [0, 0.05) is 28.6 Å². The van der Waals surface area contributed by atoms with Crippen molar-refractivity contribution in [2.24, 2.45) is 5.10 Å². The summed E-state index contributed by atoms with van der Waals surface area (Å²) in [7, 11) is 0. The first kappa shape index (κ1) is 15.6. The fourth-order valence-corrected chi connectivity index (χ4v) is 2.62. The third-order valence-corrected chi connectivity index (χ3v) is 3.83. The molecule has 2 aromatic heterocycles. The predicted molar refractivity (Wildman–Crippen MR) is 98.2 cm³/mol. The minimum atomic E-state index is -0.455. The van der Waals surface area contributed by atoms with Gasteiger partial charge in [0.25, 0.3) is 11.6 Å². The number of aromatic nitrogens is 4. The summed E-state index contributed by atoms with van der Waals surface area (Å²) in [6.07, 6.45) is 1.45. The van der Waals surface area contributed by atoms with Crippen molar-refractivity contribution in [2.45, 2.75) is 6.92 Å². The van der Waals surface area contributed by atoms with Crippen molar-refractivity contribution in [1.82, 2.24) is 20.2 Å². The first-order valence-corrected chi connectivity index (χ1v) is 7.76. The largest absolute Gasteiger partial charge is 0.338 e. The molecule has 0 saturated heterocycles. The summed E-state index contributed by atoms with van der Waals surface area (Å²) >= 11 is 0. The fraction of sp³-hybridized carbons (Fsp3) is 0.0588. The first-order valence-electron chi connectivity index (χ1n) is 7.76. The predicted octanol–water partition coefficient (Wildman–Crippen LogP) is 3.17.